The number of aromatic amines is 1. The van der Waals surface area contributed by atoms with Crippen LogP contribution >= 0.6 is 0 Å². The molecule has 3 heterocycles. The van der Waals surface area contributed by atoms with Crippen molar-refractivity contribution in [2.75, 3.05) is 26.9 Å². The Labute approximate surface area is 213 Å². The maximum Gasteiger partial charge on any atom is 0.330 e. The van der Waals surface area contributed by atoms with Crippen LogP contribution in [0.15, 0.2) is 64.3 Å². The fourth-order valence-electron chi connectivity index (χ4n) is 4.21. The zero-order valence-corrected chi connectivity index (χ0v) is 20.5. The Morgan fingerprint density at radius 1 is 0.973 bits per heavy atom. The maximum absolute atomic E-state index is 12.5. The number of H-pyrrole nitrogens is 1. The van der Waals surface area contributed by atoms with Gasteiger partial charge in [-0.05, 0) is 55.7 Å². The number of nitrogens with one attached hydrogen (secondary N) is 1. The van der Waals surface area contributed by atoms with E-state index in [9.17, 15) is 9.59 Å². The number of benzene rings is 2. The molecule has 192 valence electrons. The summed E-state index contributed by atoms with van der Waals surface area (Å²) in [5.41, 5.74) is 0.759. The smallest absolute Gasteiger partial charge is 0.330 e. The van der Waals surface area contributed by atoms with Crippen molar-refractivity contribution in [3.05, 3.63) is 92.3 Å². The minimum atomic E-state index is -0.535. The average molecular weight is 505 g/mol. The molecule has 2 fully saturated rings. The van der Waals surface area contributed by atoms with Crippen LogP contribution in [0.3, 0.4) is 0 Å². The van der Waals surface area contributed by atoms with E-state index in [0.29, 0.717) is 38.4 Å². The molecule has 2 aliphatic rings. The van der Waals surface area contributed by atoms with Crippen LogP contribution in [-0.4, -0.2) is 42.6 Å². The number of ether oxygens (including phenoxy) is 5. The quantitative estimate of drug-likeness (QED) is 0.515. The lowest BCUT2D eigenvalue weighted by Crippen LogP contribution is -2.34. The molecule has 0 radical (unpaired) electrons. The summed E-state index contributed by atoms with van der Waals surface area (Å²) in [4.78, 5) is 27.2. The van der Waals surface area contributed by atoms with E-state index in [4.69, 9.17) is 23.7 Å². The van der Waals surface area contributed by atoms with Gasteiger partial charge in [0.15, 0.2) is 6.29 Å². The third-order valence-corrected chi connectivity index (χ3v) is 6.21. The van der Waals surface area contributed by atoms with Gasteiger partial charge in [0.25, 0.3) is 5.56 Å². The number of rotatable bonds is 6. The summed E-state index contributed by atoms with van der Waals surface area (Å²) in [5, 5.41) is 0. The van der Waals surface area contributed by atoms with Gasteiger partial charge in [0.2, 0.25) is 0 Å². The molecule has 9 nitrogen and oxygen atoms in total. The molecule has 1 N–H and O–H groups in total. The largest absolute Gasteiger partial charge is 0.497 e. The predicted molar refractivity (Wildman–Crippen MR) is 135 cm³/mol. The van der Waals surface area contributed by atoms with Crippen molar-refractivity contribution in [3.63, 3.8) is 0 Å². The van der Waals surface area contributed by atoms with E-state index in [2.05, 4.69) is 16.8 Å². The van der Waals surface area contributed by atoms with Gasteiger partial charge in [-0.2, -0.15) is 0 Å². The van der Waals surface area contributed by atoms with Gasteiger partial charge in [0.05, 0.1) is 26.4 Å². The fourth-order valence-corrected chi connectivity index (χ4v) is 4.21. The SMILES string of the molecule is COc1ccc(OC[C@@H]2CC[C@H](n3cc(C#Cc4ccc(C5OCCCO5)cc4)c(=O)[nH]c3=O)O2)cc1. The van der Waals surface area contributed by atoms with Crippen molar-refractivity contribution in [2.24, 2.45) is 0 Å². The molecule has 0 bridgehead atoms. The molecule has 2 atom stereocenters. The Bertz CT molecular complexity index is 1380. The summed E-state index contributed by atoms with van der Waals surface area (Å²) in [5.74, 6) is 7.33. The second-order valence-electron chi connectivity index (χ2n) is 8.79. The van der Waals surface area contributed by atoms with Gasteiger partial charge in [-0.3, -0.25) is 14.3 Å². The molecule has 0 aliphatic carbocycles. The zero-order chi connectivity index (χ0) is 25.6. The monoisotopic (exact) mass is 504 g/mol. The molecule has 37 heavy (non-hydrogen) atoms. The summed E-state index contributed by atoms with van der Waals surface area (Å²) < 4.78 is 29.6. The highest BCUT2D eigenvalue weighted by Crippen LogP contribution is 2.28. The van der Waals surface area contributed by atoms with Crippen molar-refractivity contribution < 1.29 is 23.7 Å². The molecule has 2 aromatic carbocycles. The van der Waals surface area contributed by atoms with E-state index in [1.165, 1.54) is 10.8 Å². The first-order valence-corrected chi connectivity index (χ1v) is 12.2. The van der Waals surface area contributed by atoms with Crippen molar-refractivity contribution in [2.45, 2.75) is 37.9 Å². The number of hydrogen-bond acceptors (Lipinski definition) is 7. The van der Waals surface area contributed by atoms with Gasteiger partial charge in [-0.15, -0.1) is 0 Å². The Hall–Kier alpha value is -3.84. The van der Waals surface area contributed by atoms with Crippen molar-refractivity contribution >= 4 is 0 Å². The first kappa shape index (κ1) is 24.8. The molecule has 2 saturated heterocycles. The number of hydrogen-bond donors (Lipinski definition) is 1. The maximum atomic E-state index is 12.5. The van der Waals surface area contributed by atoms with E-state index in [-0.39, 0.29) is 18.0 Å². The predicted octanol–water partition coefficient (Wildman–Crippen LogP) is 3.14. The zero-order valence-electron chi connectivity index (χ0n) is 20.5. The van der Waals surface area contributed by atoms with E-state index < -0.39 is 17.5 Å². The topological polar surface area (TPSA) is 101 Å². The summed E-state index contributed by atoms with van der Waals surface area (Å²) in [6.45, 7) is 1.69. The van der Waals surface area contributed by atoms with Crippen molar-refractivity contribution in [1.82, 2.24) is 9.55 Å². The Morgan fingerprint density at radius 2 is 1.70 bits per heavy atom. The molecule has 0 amide bonds. The van der Waals surface area contributed by atoms with Crippen LogP contribution in [0.5, 0.6) is 11.5 Å². The highest BCUT2D eigenvalue weighted by Gasteiger charge is 2.28. The van der Waals surface area contributed by atoms with E-state index in [1.54, 1.807) is 7.11 Å². The number of nitrogens with zero attached hydrogens (tertiary/aromatic N) is 1. The highest BCUT2D eigenvalue weighted by molar-refractivity contribution is 5.42. The molecule has 2 aliphatic heterocycles. The molecule has 9 heteroatoms. The van der Waals surface area contributed by atoms with Crippen LogP contribution in [0.4, 0.5) is 0 Å². The third-order valence-electron chi connectivity index (χ3n) is 6.21. The summed E-state index contributed by atoms with van der Waals surface area (Å²) in [7, 11) is 1.61. The van der Waals surface area contributed by atoms with Crippen LogP contribution in [0.2, 0.25) is 0 Å². The van der Waals surface area contributed by atoms with Gasteiger partial charge >= 0.3 is 5.69 Å². The first-order chi connectivity index (χ1) is 18.1. The van der Waals surface area contributed by atoms with Gasteiger partial charge in [0, 0.05) is 17.3 Å². The van der Waals surface area contributed by atoms with Gasteiger partial charge in [-0.1, -0.05) is 24.0 Å². The Kier molecular flexibility index (Phi) is 7.70. The first-order valence-electron chi connectivity index (χ1n) is 12.2. The Balaban J connectivity index is 1.24. The van der Waals surface area contributed by atoms with Crippen molar-refractivity contribution in [3.8, 4) is 23.3 Å². The van der Waals surface area contributed by atoms with E-state index in [1.807, 2.05) is 48.5 Å². The van der Waals surface area contributed by atoms with Crippen LogP contribution in [0, 0.1) is 11.8 Å². The molecule has 0 spiro atoms. The van der Waals surface area contributed by atoms with Crippen LogP contribution in [-0.2, 0) is 14.2 Å². The van der Waals surface area contributed by atoms with E-state index in [0.717, 1.165) is 23.3 Å². The Morgan fingerprint density at radius 3 is 2.43 bits per heavy atom. The van der Waals surface area contributed by atoms with Gasteiger partial charge in [0.1, 0.15) is 29.9 Å². The van der Waals surface area contributed by atoms with E-state index >= 15 is 0 Å². The molecule has 0 unspecified atom stereocenters. The number of aromatic nitrogens is 2. The highest BCUT2D eigenvalue weighted by atomic mass is 16.7. The molecule has 3 aromatic rings. The lowest BCUT2D eigenvalue weighted by Gasteiger charge is -2.23. The third kappa shape index (κ3) is 6.12. The summed E-state index contributed by atoms with van der Waals surface area (Å²) in [6.07, 6.45) is 2.63. The number of methoxy groups -OCH3 is 1. The van der Waals surface area contributed by atoms with Crippen molar-refractivity contribution in [1.29, 1.82) is 0 Å². The molecule has 0 saturated carbocycles. The second kappa shape index (κ2) is 11.5. The molecule has 5 rings (SSSR count). The van der Waals surface area contributed by atoms with Gasteiger partial charge < -0.3 is 23.7 Å². The van der Waals surface area contributed by atoms with Gasteiger partial charge in [-0.25, -0.2) is 4.79 Å². The average Bonchev–Trinajstić information content (AvgIpc) is 3.41. The van der Waals surface area contributed by atoms with Crippen LogP contribution in [0.1, 0.15) is 48.5 Å². The lowest BCUT2D eigenvalue weighted by molar-refractivity contribution is -0.183. The van der Waals surface area contributed by atoms with Crippen LogP contribution < -0.4 is 20.7 Å². The lowest BCUT2D eigenvalue weighted by atomic mass is 10.1. The minimum Gasteiger partial charge on any atom is -0.497 e. The molecular formula is C28H28N2O7. The summed E-state index contributed by atoms with van der Waals surface area (Å²) >= 11 is 0. The molecule has 1 aromatic heterocycles. The van der Waals surface area contributed by atoms with Crippen LogP contribution in [0.25, 0.3) is 0 Å². The fraction of sp³-hybridized carbons (Fsp3) is 0.357. The standard InChI is InChI=1S/C28H28N2O7/c1-33-22-9-11-23(12-10-22)36-18-24-13-14-25(37-24)30-17-21(26(31)29-28(30)32)8-5-19-3-6-20(7-4-19)27-34-15-2-16-35-27/h3-4,6-7,9-12,17,24-25,27H,2,13-16,18H2,1H3,(H,29,31,32)/t24-,25+/m0/s1. The minimum absolute atomic E-state index is 0.184. The normalized spacial score (nSPS) is 19.7. The molecular weight excluding hydrogens is 476 g/mol. The summed E-state index contributed by atoms with van der Waals surface area (Å²) in [6, 6.07) is 14.8. The second-order valence-corrected chi connectivity index (χ2v) is 8.79.